The monoisotopic (exact) mass is 195 g/mol. The van der Waals surface area contributed by atoms with Crippen LogP contribution in [0.1, 0.15) is 35.8 Å². The molecule has 1 rings (SSSR count). The number of methoxy groups -OCH3 is 1. The molecule has 0 radical (unpaired) electrons. The molecule has 78 valence electrons. The maximum atomic E-state index is 5.60. The molecule has 0 amide bonds. The van der Waals surface area contributed by atoms with Crippen molar-refractivity contribution < 1.29 is 4.74 Å². The first kappa shape index (κ1) is 11.1. The highest BCUT2D eigenvalue weighted by Gasteiger charge is 2.11. The average Bonchev–Trinajstić information content (AvgIpc) is 2.16. The molecule has 1 aromatic heterocycles. The van der Waals surface area contributed by atoms with Gasteiger partial charge in [-0.3, -0.25) is 0 Å². The van der Waals surface area contributed by atoms with Crippen LogP contribution in [0.15, 0.2) is 0 Å². The van der Waals surface area contributed by atoms with Crippen molar-refractivity contribution in [1.82, 2.24) is 9.97 Å². The zero-order chi connectivity index (χ0) is 10.7. The normalized spacial score (nSPS) is 12.9. The lowest BCUT2D eigenvalue weighted by Crippen LogP contribution is -2.11. The van der Waals surface area contributed by atoms with E-state index in [0.717, 1.165) is 22.8 Å². The molecule has 0 aliphatic carbocycles. The van der Waals surface area contributed by atoms with Gasteiger partial charge in [0.1, 0.15) is 6.10 Å². The van der Waals surface area contributed by atoms with E-state index in [-0.39, 0.29) is 6.10 Å². The van der Waals surface area contributed by atoms with Crippen molar-refractivity contribution in [2.75, 3.05) is 7.11 Å². The lowest BCUT2D eigenvalue weighted by Gasteiger charge is -2.12. The zero-order valence-electron chi connectivity index (χ0n) is 9.16. The summed E-state index contributed by atoms with van der Waals surface area (Å²) in [6.07, 6.45) is -0.0702. The molecule has 0 saturated carbocycles. The van der Waals surface area contributed by atoms with E-state index in [1.165, 1.54) is 0 Å². The Morgan fingerprint density at radius 3 is 2.14 bits per heavy atom. The van der Waals surface area contributed by atoms with Crippen molar-refractivity contribution in [3.8, 4) is 0 Å². The summed E-state index contributed by atoms with van der Waals surface area (Å²) >= 11 is 0. The molecule has 14 heavy (non-hydrogen) atoms. The Kier molecular flexibility index (Phi) is 3.55. The number of aryl methyl sites for hydroxylation is 2. The quantitative estimate of drug-likeness (QED) is 0.788. The molecular formula is C10H17N3O. The Morgan fingerprint density at radius 1 is 1.29 bits per heavy atom. The fraction of sp³-hybridized carbons (Fsp3) is 0.600. The van der Waals surface area contributed by atoms with E-state index in [0.29, 0.717) is 6.54 Å². The molecule has 0 aromatic carbocycles. The minimum Gasteiger partial charge on any atom is -0.374 e. The van der Waals surface area contributed by atoms with E-state index in [9.17, 15) is 0 Å². The van der Waals surface area contributed by atoms with Crippen LogP contribution in [0.5, 0.6) is 0 Å². The summed E-state index contributed by atoms with van der Waals surface area (Å²) in [5.74, 6) is 0.722. The van der Waals surface area contributed by atoms with Crippen LogP contribution >= 0.6 is 0 Å². The van der Waals surface area contributed by atoms with Crippen LogP contribution in [0.3, 0.4) is 0 Å². The molecule has 2 N–H and O–H groups in total. The highest BCUT2D eigenvalue weighted by molar-refractivity contribution is 5.24. The maximum absolute atomic E-state index is 5.60. The maximum Gasteiger partial charge on any atom is 0.157 e. The number of rotatable bonds is 3. The highest BCUT2D eigenvalue weighted by atomic mass is 16.5. The van der Waals surface area contributed by atoms with E-state index in [1.807, 2.05) is 20.8 Å². The Balaban J connectivity index is 3.13. The Labute approximate surface area is 84.5 Å². The van der Waals surface area contributed by atoms with Crippen molar-refractivity contribution >= 4 is 0 Å². The Morgan fingerprint density at radius 2 is 1.79 bits per heavy atom. The zero-order valence-corrected chi connectivity index (χ0v) is 9.16. The van der Waals surface area contributed by atoms with Gasteiger partial charge < -0.3 is 10.5 Å². The van der Waals surface area contributed by atoms with Crippen LogP contribution in [0.2, 0.25) is 0 Å². The van der Waals surface area contributed by atoms with Crippen molar-refractivity contribution in [1.29, 1.82) is 0 Å². The van der Waals surface area contributed by atoms with Gasteiger partial charge in [0.05, 0.1) is 0 Å². The lowest BCUT2D eigenvalue weighted by atomic mass is 10.1. The molecule has 0 saturated heterocycles. The molecule has 0 fully saturated rings. The van der Waals surface area contributed by atoms with E-state index in [2.05, 4.69) is 9.97 Å². The first-order valence-corrected chi connectivity index (χ1v) is 4.67. The van der Waals surface area contributed by atoms with Gasteiger partial charge in [-0.25, -0.2) is 9.97 Å². The first-order chi connectivity index (χ1) is 6.60. The van der Waals surface area contributed by atoms with Gasteiger partial charge in [0.15, 0.2) is 5.82 Å². The van der Waals surface area contributed by atoms with E-state index in [4.69, 9.17) is 10.5 Å². The molecule has 0 spiro atoms. The fourth-order valence-corrected chi connectivity index (χ4v) is 1.35. The minimum atomic E-state index is -0.0702. The third-order valence-corrected chi connectivity index (χ3v) is 2.36. The molecule has 1 unspecified atom stereocenters. The second-order valence-corrected chi connectivity index (χ2v) is 3.31. The van der Waals surface area contributed by atoms with Gasteiger partial charge in [-0.2, -0.15) is 0 Å². The standard InChI is InChI=1S/C10H17N3O/c1-6-9(5-11)7(2)13-10(12-6)8(3)14-4/h8H,5,11H2,1-4H3. The third kappa shape index (κ3) is 2.08. The number of aromatic nitrogens is 2. The molecule has 4 nitrogen and oxygen atoms in total. The molecule has 1 aromatic rings. The first-order valence-electron chi connectivity index (χ1n) is 4.67. The molecule has 0 bridgehead atoms. The van der Waals surface area contributed by atoms with Gasteiger partial charge in [0.2, 0.25) is 0 Å². The summed E-state index contributed by atoms with van der Waals surface area (Å²) in [6, 6.07) is 0. The summed E-state index contributed by atoms with van der Waals surface area (Å²) in [5, 5.41) is 0. The van der Waals surface area contributed by atoms with Gasteiger partial charge in [-0.1, -0.05) is 0 Å². The van der Waals surface area contributed by atoms with Gasteiger partial charge in [-0.05, 0) is 20.8 Å². The summed E-state index contributed by atoms with van der Waals surface area (Å²) in [4.78, 5) is 8.72. The predicted octanol–water partition coefficient (Wildman–Crippen LogP) is 1.26. The summed E-state index contributed by atoms with van der Waals surface area (Å²) in [5.41, 5.74) is 8.51. The summed E-state index contributed by atoms with van der Waals surface area (Å²) in [7, 11) is 1.65. The SMILES string of the molecule is COC(C)c1nc(C)c(CN)c(C)n1. The fourth-order valence-electron chi connectivity index (χ4n) is 1.35. The van der Waals surface area contributed by atoms with Crippen LogP contribution in [-0.2, 0) is 11.3 Å². The number of hydrogen-bond acceptors (Lipinski definition) is 4. The Bertz CT molecular complexity index is 302. The Hall–Kier alpha value is -1.00. The van der Waals surface area contributed by atoms with Gasteiger partial charge in [0, 0.05) is 30.6 Å². The van der Waals surface area contributed by atoms with Crippen LogP contribution < -0.4 is 5.73 Å². The van der Waals surface area contributed by atoms with Gasteiger partial charge >= 0.3 is 0 Å². The van der Waals surface area contributed by atoms with Crippen molar-refractivity contribution in [3.63, 3.8) is 0 Å². The topological polar surface area (TPSA) is 61.0 Å². The number of nitrogens with two attached hydrogens (primary N) is 1. The molecular weight excluding hydrogens is 178 g/mol. The lowest BCUT2D eigenvalue weighted by molar-refractivity contribution is 0.111. The van der Waals surface area contributed by atoms with Crippen LogP contribution in [-0.4, -0.2) is 17.1 Å². The van der Waals surface area contributed by atoms with Gasteiger partial charge in [-0.15, -0.1) is 0 Å². The summed E-state index contributed by atoms with van der Waals surface area (Å²) < 4.78 is 5.16. The minimum absolute atomic E-state index is 0.0702. The number of ether oxygens (including phenoxy) is 1. The summed E-state index contributed by atoms with van der Waals surface area (Å²) in [6.45, 7) is 6.31. The largest absolute Gasteiger partial charge is 0.374 e. The van der Waals surface area contributed by atoms with E-state index < -0.39 is 0 Å². The van der Waals surface area contributed by atoms with Crippen molar-refractivity contribution in [2.45, 2.75) is 33.4 Å². The second kappa shape index (κ2) is 4.48. The number of hydrogen-bond donors (Lipinski definition) is 1. The second-order valence-electron chi connectivity index (χ2n) is 3.31. The molecule has 0 aliphatic rings. The highest BCUT2D eigenvalue weighted by Crippen LogP contribution is 2.15. The van der Waals surface area contributed by atoms with Crippen molar-refractivity contribution in [3.05, 3.63) is 22.8 Å². The number of nitrogens with zero attached hydrogens (tertiary/aromatic N) is 2. The molecule has 4 heteroatoms. The molecule has 0 aliphatic heterocycles. The van der Waals surface area contributed by atoms with Crippen LogP contribution in [0.25, 0.3) is 0 Å². The third-order valence-electron chi connectivity index (χ3n) is 2.36. The van der Waals surface area contributed by atoms with E-state index >= 15 is 0 Å². The predicted molar refractivity (Wildman–Crippen MR) is 54.8 cm³/mol. The molecule has 1 atom stereocenters. The van der Waals surface area contributed by atoms with Gasteiger partial charge in [0.25, 0.3) is 0 Å². The average molecular weight is 195 g/mol. The molecule has 1 heterocycles. The smallest absolute Gasteiger partial charge is 0.157 e. The van der Waals surface area contributed by atoms with Crippen LogP contribution in [0.4, 0.5) is 0 Å². The van der Waals surface area contributed by atoms with Crippen LogP contribution in [0, 0.1) is 13.8 Å². The van der Waals surface area contributed by atoms with Crippen molar-refractivity contribution in [2.24, 2.45) is 5.73 Å². The van der Waals surface area contributed by atoms with E-state index in [1.54, 1.807) is 7.11 Å².